The summed E-state index contributed by atoms with van der Waals surface area (Å²) in [7, 11) is 1.75. The Morgan fingerprint density at radius 3 is 3.27 bits per heavy atom. The van der Waals surface area contributed by atoms with E-state index in [1.807, 2.05) is 12.4 Å². The van der Waals surface area contributed by atoms with Crippen LogP contribution < -0.4 is 10.6 Å². The Hall–Kier alpha value is -1.07. The van der Waals surface area contributed by atoms with Crippen molar-refractivity contribution in [3.63, 3.8) is 0 Å². The topological polar surface area (TPSA) is 51.1 Å². The minimum absolute atomic E-state index is 0.229. The van der Waals surface area contributed by atoms with E-state index >= 15 is 0 Å². The van der Waals surface area contributed by atoms with Gasteiger partial charge in [-0.1, -0.05) is 0 Å². The molecule has 2 N–H and O–H groups in total. The molecule has 0 saturated carbocycles. The standard InChI is InChI=1S/C10H18N4O/c1-3-14-5-4-12-10(14)13-8-6-11-7-9(8)15-2/h4-5,8-9,11H,3,6-7H2,1-2H3,(H,12,13)/t8?,9-/m0/s1. The Kier molecular flexibility index (Phi) is 3.23. The van der Waals surface area contributed by atoms with Crippen LogP contribution in [0.15, 0.2) is 12.4 Å². The highest BCUT2D eigenvalue weighted by Gasteiger charge is 2.27. The normalized spacial score (nSPS) is 25.7. The van der Waals surface area contributed by atoms with Crippen molar-refractivity contribution in [1.82, 2.24) is 14.9 Å². The predicted molar refractivity (Wildman–Crippen MR) is 59.0 cm³/mol. The van der Waals surface area contributed by atoms with Crippen LogP contribution in [0.5, 0.6) is 0 Å². The number of rotatable bonds is 4. The molecule has 5 nitrogen and oxygen atoms in total. The Bertz CT molecular complexity index is 312. The molecule has 0 bridgehead atoms. The van der Waals surface area contributed by atoms with E-state index in [1.54, 1.807) is 7.11 Å². The molecule has 0 radical (unpaired) electrons. The molecule has 0 spiro atoms. The molecule has 2 heterocycles. The van der Waals surface area contributed by atoms with Gasteiger partial charge in [-0.3, -0.25) is 0 Å². The third kappa shape index (κ3) is 2.13. The summed E-state index contributed by atoms with van der Waals surface area (Å²) in [6, 6.07) is 0.308. The lowest BCUT2D eigenvalue weighted by Gasteiger charge is -2.19. The third-order valence-corrected chi connectivity index (χ3v) is 2.83. The van der Waals surface area contributed by atoms with Crippen LogP contribution in [-0.2, 0) is 11.3 Å². The van der Waals surface area contributed by atoms with Crippen molar-refractivity contribution in [2.24, 2.45) is 0 Å². The van der Waals surface area contributed by atoms with E-state index in [0.29, 0.717) is 6.04 Å². The van der Waals surface area contributed by atoms with E-state index in [0.717, 1.165) is 25.6 Å². The van der Waals surface area contributed by atoms with Gasteiger partial charge in [0.2, 0.25) is 5.95 Å². The van der Waals surface area contributed by atoms with Crippen LogP contribution in [0.2, 0.25) is 0 Å². The molecule has 2 atom stereocenters. The summed E-state index contributed by atoms with van der Waals surface area (Å²) in [6.07, 6.45) is 4.02. The summed E-state index contributed by atoms with van der Waals surface area (Å²) < 4.78 is 7.47. The number of nitrogens with zero attached hydrogens (tertiary/aromatic N) is 2. The van der Waals surface area contributed by atoms with Crippen LogP contribution in [0.3, 0.4) is 0 Å². The van der Waals surface area contributed by atoms with E-state index in [4.69, 9.17) is 4.74 Å². The fourth-order valence-electron chi connectivity index (χ4n) is 1.92. The van der Waals surface area contributed by atoms with E-state index in [1.165, 1.54) is 0 Å². The Balaban J connectivity index is 2.01. The van der Waals surface area contributed by atoms with Crippen molar-refractivity contribution >= 4 is 5.95 Å². The van der Waals surface area contributed by atoms with Crippen molar-refractivity contribution in [3.8, 4) is 0 Å². The van der Waals surface area contributed by atoms with Crippen molar-refractivity contribution in [3.05, 3.63) is 12.4 Å². The lowest BCUT2D eigenvalue weighted by molar-refractivity contribution is 0.111. The monoisotopic (exact) mass is 210 g/mol. The number of hydrogen-bond donors (Lipinski definition) is 2. The summed E-state index contributed by atoms with van der Waals surface area (Å²) >= 11 is 0. The molecule has 84 valence electrons. The molecule has 0 amide bonds. The number of methoxy groups -OCH3 is 1. The molecule has 1 aromatic rings. The average Bonchev–Trinajstić information content (AvgIpc) is 2.87. The third-order valence-electron chi connectivity index (χ3n) is 2.83. The van der Waals surface area contributed by atoms with Gasteiger partial charge >= 0.3 is 0 Å². The van der Waals surface area contributed by atoms with Crippen molar-refractivity contribution < 1.29 is 4.74 Å². The van der Waals surface area contributed by atoms with Gasteiger partial charge in [0.25, 0.3) is 0 Å². The number of imidazole rings is 1. The van der Waals surface area contributed by atoms with Crippen molar-refractivity contribution in [1.29, 1.82) is 0 Å². The SMILES string of the molecule is CCn1ccnc1NC1CNC[C@@H]1OC. The molecule has 0 aromatic carbocycles. The molecule has 5 heteroatoms. The summed E-state index contributed by atoms with van der Waals surface area (Å²) in [5, 5.41) is 6.70. The van der Waals surface area contributed by atoms with E-state index < -0.39 is 0 Å². The number of hydrogen-bond acceptors (Lipinski definition) is 4. The van der Waals surface area contributed by atoms with Crippen LogP contribution in [0.1, 0.15) is 6.92 Å². The van der Waals surface area contributed by atoms with Crippen LogP contribution >= 0.6 is 0 Å². The minimum atomic E-state index is 0.229. The number of anilines is 1. The smallest absolute Gasteiger partial charge is 0.203 e. The van der Waals surface area contributed by atoms with Gasteiger partial charge in [0, 0.05) is 39.1 Å². The number of nitrogens with one attached hydrogen (secondary N) is 2. The van der Waals surface area contributed by atoms with Gasteiger partial charge in [-0.2, -0.15) is 0 Å². The second-order valence-electron chi connectivity index (χ2n) is 3.72. The van der Waals surface area contributed by atoms with Gasteiger partial charge < -0.3 is 19.9 Å². The molecule has 2 rings (SSSR count). The molecule has 1 fully saturated rings. The molecule has 1 aromatic heterocycles. The molecule has 1 unspecified atom stereocenters. The zero-order valence-electron chi connectivity index (χ0n) is 9.23. The second kappa shape index (κ2) is 4.63. The zero-order chi connectivity index (χ0) is 10.7. The van der Waals surface area contributed by atoms with Crippen LogP contribution in [-0.4, -0.2) is 41.9 Å². The van der Waals surface area contributed by atoms with Gasteiger partial charge in [-0.05, 0) is 6.92 Å². The van der Waals surface area contributed by atoms with Crippen LogP contribution in [0.25, 0.3) is 0 Å². The first-order chi connectivity index (χ1) is 7.35. The fourth-order valence-corrected chi connectivity index (χ4v) is 1.92. The number of ether oxygens (including phenoxy) is 1. The Morgan fingerprint density at radius 2 is 2.53 bits per heavy atom. The van der Waals surface area contributed by atoms with Gasteiger partial charge in [0.1, 0.15) is 0 Å². The summed E-state index contributed by atoms with van der Waals surface area (Å²) in [5.74, 6) is 0.924. The second-order valence-corrected chi connectivity index (χ2v) is 3.72. The Labute approximate surface area is 89.8 Å². The Morgan fingerprint density at radius 1 is 1.67 bits per heavy atom. The highest BCUT2D eigenvalue weighted by atomic mass is 16.5. The first kappa shape index (κ1) is 10.4. The molecule has 0 aliphatic carbocycles. The van der Waals surface area contributed by atoms with E-state index in [9.17, 15) is 0 Å². The molecular formula is C10H18N4O. The van der Waals surface area contributed by atoms with E-state index in [-0.39, 0.29) is 6.10 Å². The van der Waals surface area contributed by atoms with Crippen LogP contribution in [0.4, 0.5) is 5.95 Å². The quantitative estimate of drug-likeness (QED) is 0.750. The van der Waals surface area contributed by atoms with Gasteiger partial charge in [0.05, 0.1) is 12.1 Å². The van der Waals surface area contributed by atoms with Crippen LogP contribution in [0, 0.1) is 0 Å². The minimum Gasteiger partial charge on any atom is -0.378 e. The summed E-state index contributed by atoms with van der Waals surface area (Å²) in [4.78, 5) is 4.29. The van der Waals surface area contributed by atoms with Gasteiger partial charge in [-0.25, -0.2) is 4.98 Å². The highest BCUT2D eigenvalue weighted by molar-refractivity contribution is 5.29. The maximum absolute atomic E-state index is 5.38. The zero-order valence-corrected chi connectivity index (χ0v) is 9.23. The first-order valence-corrected chi connectivity index (χ1v) is 5.36. The number of aromatic nitrogens is 2. The fraction of sp³-hybridized carbons (Fsp3) is 0.700. The lowest BCUT2D eigenvalue weighted by atomic mass is 10.2. The molecule has 15 heavy (non-hydrogen) atoms. The first-order valence-electron chi connectivity index (χ1n) is 5.36. The largest absolute Gasteiger partial charge is 0.378 e. The summed E-state index contributed by atoms with van der Waals surface area (Å²) in [6.45, 7) is 4.86. The lowest BCUT2D eigenvalue weighted by Crippen LogP contribution is -2.34. The van der Waals surface area contributed by atoms with Gasteiger partial charge in [-0.15, -0.1) is 0 Å². The number of aryl methyl sites for hydroxylation is 1. The maximum Gasteiger partial charge on any atom is 0.203 e. The molecule has 1 saturated heterocycles. The van der Waals surface area contributed by atoms with Gasteiger partial charge in [0.15, 0.2) is 0 Å². The average molecular weight is 210 g/mol. The van der Waals surface area contributed by atoms with E-state index in [2.05, 4.69) is 27.1 Å². The van der Waals surface area contributed by atoms with Crippen molar-refractivity contribution in [2.75, 3.05) is 25.5 Å². The summed E-state index contributed by atoms with van der Waals surface area (Å²) in [5.41, 5.74) is 0. The predicted octanol–water partition coefficient (Wildman–Crippen LogP) is 0.302. The molecule has 1 aliphatic rings. The molecule has 1 aliphatic heterocycles. The highest BCUT2D eigenvalue weighted by Crippen LogP contribution is 2.11. The molecular weight excluding hydrogens is 192 g/mol. The maximum atomic E-state index is 5.38. The van der Waals surface area contributed by atoms with Crippen molar-refractivity contribution in [2.45, 2.75) is 25.6 Å².